The minimum absolute atomic E-state index is 0.527. The molecule has 0 saturated carbocycles. The Bertz CT molecular complexity index is 456. The molecule has 0 amide bonds. The van der Waals surface area contributed by atoms with Crippen molar-refractivity contribution < 1.29 is 22.4 Å². The van der Waals surface area contributed by atoms with Gasteiger partial charge in [-0.05, 0) is 28.9 Å². The summed E-state index contributed by atoms with van der Waals surface area (Å²) < 4.78 is 49.9. The third-order valence-corrected chi connectivity index (χ3v) is 2.67. The van der Waals surface area contributed by atoms with Crippen LogP contribution in [0.5, 0.6) is 0 Å². The SMILES string of the molecule is CC(=O)c1c(N)cc(C(F)(F)F)c(Br)c1F. The lowest BCUT2D eigenvalue weighted by atomic mass is 10.1. The van der Waals surface area contributed by atoms with E-state index in [1.165, 1.54) is 0 Å². The lowest BCUT2D eigenvalue weighted by Gasteiger charge is -2.13. The van der Waals surface area contributed by atoms with Crippen LogP contribution < -0.4 is 5.73 Å². The highest BCUT2D eigenvalue weighted by Gasteiger charge is 2.36. The van der Waals surface area contributed by atoms with E-state index in [1.807, 2.05) is 0 Å². The molecule has 88 valence electrons. The van der Waals surface area contributed by atoms with E-state index in [2.05, 4.69) is 15.9 Å². The fourth-order valence-corrected chi connectivity index (χ4v) is 1.75. The Kier molecular flexibility index (Phi) is 3.27. The third kappa shape index (κ3) is 2.18. The molecule has 0 saturated heterocycles. The number of hydrogen-bond acceptors (Lipinski definition) is 2. The smallest absolute Gasteiger partial charge is 0.398 e. The zero-order chi connectivity index (χ0) is 12.7. The summed E-state index contributed by atoms with van der Waals surface area (Å²) in [5.74, 6) is -2.02. The summed E-state index contributed by atoms with van der Waals surface area (Å²) >= 11 is 2.47. The van der Waals surface area contributed by atoms with Crippen molar-refractivity contribution in [3.8, 4) is 0 Å². The lowest BCUT2D eigenvalue weighted by Crippen LogP contribution is -2.12. The van der Waals surface area contributed by atoms with Crippen LogP contribution in [0, 0.1) is 5.82 Å². The van der Waals surface area contributed by atoms with E-state index in [0.717, 1.165) is 6.92 Å². The zero-order valence-electron chi connectivity index (χ0n) is 7.95. The summed E-state index contributed by atoms with van der Waals surface area (Å²) in [6.07, 6.45) is -4.73. The van der Waals surface area contributed by atoms with Crippen molar-refractivity contribution in [3.63, 3.8) is 0 Å². The minimum atomic E-state index is -4.73. The van der Waals surface area contributed by atoms with E-state index in [9.17, 15) is 22.4 Å². The number of Topliss-reactive ketones (excluding diaryl/α,β-unsaturated/α-hetero) is 1. The van der Waals surface area contributed by atoms with Gasteiger partial charge >= 0.3 is 6.18 Å². The molecule has 16 heavy (non-hydrogen) atoms. The molecule has 0 spiro atoms. The second-order valence-corrected chi connectivity index (χ2v) is 3.86. The number of halogens is 5. The van der Waals surface area contributed by atoms with Gasteiger partial charge < -0.3 is 5.73 Å². The Morgan fingerprint density at radius 3 is 2.31 bits per heavy atom. The quantitative estimate of drug-likeness (QED) is 0.491. The molecule has 0 unspecified atom stereocenters. The average molecular weight is 300 g/mol. The van der Waals surface area contributed by atoms with Crippen LogP contribution in [0.25, 0.3) is 0 Å². The third-order valence-electron chi connectivity index (χ3n) is 1.89. The predicted molar refractivity (Wildman–Crippen MR) is 53.5 cm³/mol. The van der Waals surface area contributed by atoms with Crippen LogP contribution in [0.15, 0.2) is 10.5 Å². The van der Waals surface area contributed by atoms with E-state index in [1.54, 1.807) is 0 Å². The first-order chi connectivity index (χ1) is 7.16. The molecule has 0 aliphatic heterocycles. The number of nitrogen functional groups attached to an aromatic ring is 1. The van der Waals surface area contributed by atoms with Gasteiger partial charge in [0.05, 0.1) is 15.6 Å². The molecule has 1 rings (SSSR count). The molecule has 0 bridgehead atoms. The highest BCUT2D eigenvalue weighted by molar-refractivity contribution is 9.10. The molecule has 0 aromatic heterocycles. The van der Waals surface area contributed by atoms with Crippen molar-refractivity contribution in [1.82, 2.24) is 0 Å². The van der Waals surface area contributed by atoms with Gasteiger partial charge in [0.25, 0.3) is 0 Å². The first kappa shape index (κ1) is 13.0. The van der Waals surface area contributed by atoms with Gasteiger partial charge in [-0.3, -0.25) is 4.79 Å². The summed E-state index contributed by atoms with van der Waals surface area (Å²) in [4.78, 5) is 11.0. The van der Waals surface area contributed by atoms with Gasteiger partial charge in [0.1, 0.15) is 0 Å². The highest BCUT2D eigenvalue weighted by Crippen LogP contribution is 2.39. The van der Waals surface area contributed by atoms with Gasteiger partial charge in [-0.1, -0.05) is 0 Å². The van der Waals surface area contributed by atoms with Crippen molar-refractivity contribution in [2.24, 2.45) is 0 Å². The van der Waals surface area contributed by atoms with Gasteiger partial charge in [0, 0.05) is 5.69 Å². The highest BCUT2D eigenvalue weighted by atomic mass is 79.9. The van der Waals surface area contributed by atoms with Gasteiger partial charge in [0.15, 0.2) is 11.6 Å². The van der Waals surface area contributed by atoms with Gasteiger partial charge in [-0.15, -0.1) is 0 Å². The largest absolute Gasteiger partial charge is 0.417 e. The Labute approximate surface area is 96.6 Å². The number of nitrogens with two attached hydrogens (primary N) is 1. The van der Waals surface area contributed by atoms with E-state index >= 15 is 0 Å². The van der Waals surface area contributed by atoms with Gasteiger partial charge in [0.2, 0.25) is 0 Å². The number of rotatable bonds is 1. The molecule has 0 atom stereocenters. The topological polar surface area (TPSA) is 43.1 Å². The van der Waals surface area contributed by atoms with Crippen LogP contribution in [-0.4, -0.2) is 5.78 Å². The molecule has 1 aromatic carbocycles. The van der Waals surface area contributed by atoms with Crippen molar-refractivity contribution in [2.75, 3.05) is 5.73 Å². The van der Waals surface area contributed by atoms with Gasteiger partial charge in [-0.2, -0.15) is 13.2 Å². The molecule has 7 heteroatoms. The van der Waals surface area contributed by atoms with E-state index in [4.69, 9.17) is 5.73 Å². The zero-order valence-corrected chi connectivity index (χ0v) is 9.54. The van der Waals surface area contributed by atoms with E-state index in [-0.39, 0.29) is 0 Å². The van der Waals surface area contributed by atoms with Crippen LogP contribution >= 0.6 is 15.9 Å². The maximum absolute atomic E-state index is 13.5. The Morgan fingerprint density at radius 2 is 1.94 bits per heavy atom. The summed E-state index contributed by atoms with van der Waals surface area (Å²) in [6.45, 7) is 1.02. The van der Waals surface area contributed by atoms with Crippen molar-refractivity contribution in [3.05, 3.63) is 27.5 Å². The van der Waals surface area contributed by atoms with Crippen LogP contribution in [0.1, 0.15) is 22.8 Å². The van der Waals surface area contributed by atoms with E-state index < -0.39 is 39.1 Å². The number of ketones is 1. The molecule has 0 aliphatic rings. The minimum Gasteiger partial charge on any atom is -0.398 e. The first-order valence-electron chi connectivity index (χ1n) is 4.02. The average Bonchev–Trinajstić information content (AvgIpc) is 2.09. The summed E-state index contributed by atoms with van der Waals surface area (Å²) in [6, 6.07) is 0.532. The molecule has 2 nitrogen and oxygen atoms in total. The summed E-state index contributed by atoms with van der Waals surface area (Å²) in [5, 5.41) is 0. The Morgan fingerprint density at radius 1 is 1.44 bits per heavy atom. The van der Waals surface area contributed by atoms with Crippen LogP contribution in [-0.2, 0) is 6.18 Å². The number of benzene rings is 1. The molecule has 0 fully saturated rings. The van der Waals surface area contributed by atoms with Crippen molar-refractivity contribution in [1.29, 1.82) is 0 Å². The van der Waals surface area contributed by atoms with Crippen molar-refractivity contribution >= 4 is 27.4 Å². The number of carbonyl (C=O) groups is 1. The maximum atomic E-state index is 13.5. The standard InChI is InChI=1S/C9H6BrF4NO/c1-3(16)6-5(15)2-4(9(12,13)14)7(10)8(6)11/h2H,15H2,1H3. The van der Waals surface area contributed by atoms with Crippen molar-refractivity contribution in [2.45, 2.75) is 13.1 Å². The maximum Gasteiger partial charge on any atom is 0.417 e. The first-order valence-corrected chi connectivity index (χ1v) is 4.81. The molecular weight excluding hydrogens is 294 g/mol. The molecule has 2 N–H and O–H groups in total. The summed E-state index contributed by atoms with van der Waals surface area (Å²) in [7, 11) is 0. The van der Waals surface area contributed by atoms with Crippen LogP contribution in [0.4, 0.5) is 23.2 Å². The number of carbonyl (C=O) groups excluding carboxylic acids is 1. The molecular formula is C9H6BrF4NO. The predicted octanol–water partition coefficient (Wildman–Crippen LogP) is 3.39. The van der Waals surface area contributed by atoms with Crippen LogP contribution in [0.3, 0.4) is 0 Å². The lowest BCUT2D eigenvalue weighted by molar-refractivity contribution is -0.138. The van der Waals surface area contributed by atoms with Gasteiger partial charge in [-0.25, -0.2) is 4.39 Å². The molecule has 1 aromatic rings. The van der Waals surface area contributed by atoms with Crippen LogP contribution in [0.2, 0.25) is 0 Å². The molecule has 0 heterocycles. The second-order valence-electron chi connectivity index (χ2n) is 3.07. The summed E-state index contributed by atoms with van der Waals surface area (Å²) in [5.41, 5.74) is 2.89. The fraction of sp³-hybridized carbons (Fsp3) is 0.222. The number of hydrogen-bond donors (Lipinski definition) is 1. The Balaban J connectivity index is 3.58. The fourth-order valence-electron chi connectivity index (χ4n) is 1.21. The number of anilines is 1. The molecule has 0 radical (unpaired) electrons. The molecule has 0 aliphatic carbocycles. The number of alkyl halides is 3. The Hall–Kier alpha value is -1.11. The second kappa shape index (κ2) is 4.04. The monoisotopic (exact) mass is 299 g/mol. The normalized spacial score (nSPS) is 11.6. The van der Waals surface area contributed by atoms with E-state index in [0.29, 0.717) is 6.07 Å².